The Bertz CT molecular complexity index is 646. The second-order valence-corrected chi connectivity index (χ2v) is 6.05. The van der Waals surface area contributed by atoms with Crippen LogP contribution in [0, 0.1) is 6.92 Å². The quantitative estimate of drug-likeness (QED) is 0.875. The van der Waals surface area contributed by atoms with Gasteiger partial charge in [-0.2, -0.15) is 5.10 Å². The topological polar surface area (TPSA) is 90.8 Å². The van der Waals surface area contributed by atoms with Gasteiger partial charge in [-0.1, -0.05) is 0 Å². The first-order valence-electron chi connectivity index (χ1n) is 6.65. The first-order valence-corrected chi connectivity index (χ1v) is 6.65. The molecule has 7 heteroatoms. The van der Waals surface area contributed by atoms with Crippen molar-refractivity contribution in [2.45, 2.75) is 46.2 Å². The second kappa shape index (κ2) is 4.81. The SMILES string of the molecule is Cc1nn(C)c2c1nc(N)n2CCC(=O)NC(C)(C)C. The normalized spacial score (nSPS) is 12.1. The Balaban J connectivity index is 2.18. The van der Waals surface area contributed by atoms with Crippen LogP contribution >= 0.6 is 0 Å². The van der Waals surface area contributed by atoms with E-state index in [1.165, 1.54) is 0 Å². The molecule has 2 aromatic rings. The van der Waals surface area contributed by atoms with E-state index in [4.69, 9.17) is 5.73 Å². The van der Waals surface area contributed by atoms with E-state index >= 15 is 0 Å². The van der Waals surface area contributed by atoms with Crippen LogP contribution in [-0.2, 0) is 18.4 Å². The number of nitrogens with one attached hydrogen (secondary N) is 1. The Morgan fingerprint density at radius 2 is 2.05 bits per heavy atom. The lowest BCUT2D eigenvalue weighted by atomic mass is 10.1. The van der Waals surface area contributed by atoms with Crippen molar-refractivity contribution < 1.29 is 4.79 Å². The number of nitrogens with two attached hydrogens (primary N) is 1. The number of nitrogen functional groups attached to an aromatic ring is 1. The number of carbonyl (C=O) groups excluding carboxylic acids is 1. The Morgan fingerprint density at radius 1 is 1.40 bits per heavy atom. The molecule has 0 aromatic carbocycles. The number of aryl methyl sites for hydroxylation is 3. The maximum absolute atomic E-state index is 11.9. The van der Waals surface area contributed by atoms with Crippen LogP contribution in [0.4, 0.5) is 5.95 Å². The van der Waals surface area contributed by atoms with Crippen molar-refractivity contribution in [3.05, 3.63) is 5.69 Å². The molecule has 2 heterocycles. The van der Waals surface area contributed by atoms with E-state index in [1.54, 1.807) is 4.68 Å². The van der Waals surface area contributed by atoms with Gasteiger partial charge in [-0.3, -0.25) is 14.0 Å². The standard InChI is InChI=1S/C13H22N6O/c1-8-10-11(18(5)17-8)19(12(14)15-10)7-6-9(20)16-13(2,3)4/h6-7H2,1-5H3,(H2,14,15)(H,16,20). The summed E-state index contributed by atoms with van der Waals surface area (Å²) in [5.41, 5.74) is 8.19. The molecular weight excluding hydrogens is 256 g/mol. The van der Waals surface area contributed by atoms with Crippen LogP contribution in [-0.4, -0.2) is 30.8 Å². The summed E-state index contributed by atoms with van der Waals surface area (Å²) < 4.78 is 3.58. The number of anilines is 1. The number of aromatic nitrogens is 4. The zero-order valence-electron chi connectivity index (χ0n) is 12.7. The van der Waals surface area contributed by atoms with Crippen molar-refractivity contribution in [2.75, 3.05) is 5.73 Å². The zero-order chi connectivity index (χ0) is 15.1. The van der Waals surface area contributed by atoms with Gasteiger partial charge >= 0.3 is 0 Å². The molecule has 0 saturated heterocycles. The number of hydrogen-bond donors (Lipinski definition) is 2. The minimum atomic E-state index is -0.226. The molecule has 0 bridgehead atoms. The van der Waals surface area contributed by atoms with Gasteiger partial charge in [-0.25, -0.2) is 4.98 Å². The molecule has 0 atom stereocenters. The molecule has 1 amide bonds. The molecule has 20 heavy (non-hydrogen) atoms. The van der Waals surface area contributed by atoms with Crippen LogP contribution in [0.1, 0.15) is 32.9 Å². The largest absolute Gasteiger partial charge is 0.369 e. The van der Waals surface area contributed by atoms with Gasteiger partial charge < -0.3 is 11.1 Å². The van der Waals surface area contributed by atoms with E-state index in [9.17, 15) is 4.79 Å². The third-order valence-electron chi connectivity index (χ3n) is 3.00. The van der Waals surface area contributed by atoms with E-state index < -0.39 is 0 Å². The Hall–Kier alpha value is -2.05. The van der Waals surface area contributed by atoms with E-state index in [0.29, 0.717) is 18.9 Å². The predicted octanol–water partition coefficient (Wildman–Crippen LogP) is 0.965. The van der Waals surface area contributed by atoms with Gasteiger partial charge in [-0.05, 0) is 27.7 Å². The van der Waals surface area contributed by atoms with Gasteiger partial charge in [0.25, 0.3) is 0 Å². The molecule has 0 fully saturated rings. The number of hydrogen-bond acceptors (Lipinski definition) is 4. The molecule has 0 aliphatic carbocycles. The number of fused-ring (bicyclic) bond motifs is 1. The highest BCUT2D eigenvalue weighted by Crippen LogP contribution is 2.20. The van der Waals surface area contributed by atoms with Gasteiger partial charge in [0.1, 0.15) is 5.52 Å². The molecule has 2 aromatic heterocycles. The highest BCUT2D eigenvalue weighted by atomic mass is 16.1. The minimum Gasteiger partial charge on any atom is -0.369 e. The van der Waals surface area contributed by atoms with E-state index in [1.807, 2.05) is 39.3 Å². The molecule has 0 spiro atoms. The highest BCUT2D eigenvalue weighted by Gasteiger charge is 2.18. The number of carbonyl (C=O) groups is 1. The fourth-order valence-electron chi connectivity index (χ4n) is 2.27. The van der Waals surface area contributed by atoms with Crippen LogP contribution in [0.15, 0.2) is 0 Å². The molecule has 7 nitrogen and oxygen atoms in total. The van der Waals surface area contributed by atoms with Crippen molar-refractivity contribution in [3.8, 4) is 0 Å². The monoisotopic (exact) mass is 278 g/mol. The molecule has 0 radical (unpaired) electrons. The van der Waals surface area contributed by atoms with E-state index in [0.717, 1.165) is 16.9 Å². The maximum Gasteiger partial charge on any atom is 0.222 e. The fraction of sp³-hybridized carbons (Fsp3) is 0.615. The summed E-state index contributed by atoms with van der Waals surface area (Å²) in [5.74, 6) is 0.414. The predicted molar refractivity (Wildman–Crippen MR) is 78.2 cm³/mol. The zero-order valence-corrected chi connectivity index (χ0v) is 12.7. The third-order valence-corrected chi connectivity index (χ3v) is 3.00. The molecule has 0 aliphatic heterocycles. The highest BCUT2D eigenvalue weighted by molar-refractivity contribution is 5.79. The number of amides is 1. The van der Waals surface area contributed by atoms with Crippen molar-refractivity contribution in [1.29, 1.82) is 0 Å². The van der Waals surface area contributed by atoms with Crippen LogP contribution in [0.2, 0.25) is 0 Å². The van der Waals surface area contributed by atoms with Crippen molar-refractivity contribution in [2.24, 2.45) is 7.05 Å². The number of nitrogens with zero attached hydrogens (tertiary/aromatic N) is 4. The summed E-state index contributed by atoms with van der Waals surface area (Å²) in [4.78, 5) is 16.2. The lowest BCUT2D eigenvalue weighted by Crippen LogP contribution is -2.40. The first-order chi connectivity index (χ1) is 9.19. The summed E-state index contributed by atoms with van der Waals surface area (Å²) in [7, 11) is 1.85. The van der Waals surface area contributed by atoms with Gasteiger partial charge in [0.15, 0.2) is 5.65 Å². The van der Waals surface area contributed by atoms with Crippen molar-refractivity contribution >= 4 is 23.0 Å². The van der Waals surface area contributed by atoms with Crippen LogP contribution in [0.5, 0.6) is 0 Å². The molecule has 0 unspecified atom stereocenters. The smallest absolute Gasteiger partial charge is 0.222 e. The summed E-state index contributed by atoms with van der Waals surface area (Å²) in [6.45, 7) is 8.26. The minimum absolute atomic E-state index is 0.00218. The summed E-state index contributed by atoms with van der Waals surface area (Å²) in [6, 6.07) is 0. The van der Waals surface area contributed by atoms with Crippen LogP contribution < -0.4 is 11.1 Å². The Kier molecular flexibility index (Phi) is 3.45. The molecule has 110 valence electrons. The van der Waals surface area contributed by atoms with Gasteiger partial charge in [0, 0.05) is 25.6 Å². The van der Waals surface area contributed by atoms with Gasteiger partial charge in [0.2, 0.25) is 11.9 Å². The first kappa shape index (κ1) is 14.4. The van der Waals surface area contributed by atoms with Crippen LogP contribution in [0.3, 0.4) is 0 Å². The number of rotatable bonds is 3. The molecular formula is C13H22N6O. The van der Waals surface area contributed by atoms with Crippen molar-refractivity contribution in [1.82, 2.24) is 24.6 Å². The lowest BCUT2D eigenvalue weighted by Gasteiger charge is -2.20. The van der Waals surface area contributed by atoms with E-state index in [2.05, 4.69) is 15.4 Å². The molecule has 0 aliphatic rings. The second-order valence-electron chi connectivity index (χ2n) is 6.05. The fourth-order valence-corrected chi connectivity index (χ4v) is 2.27. The molecule has 0 saturated carbocycles. The van der Waals surface area contributed by atoms with E-state index in [-0.39, 0.29) is 11.4 Å². The van der Waals surface area contributed by atoms with Gasteiger partial charge in [-0.15, -0.1) is 0 Å². The maximum atomic E-state index is 11.9. The lowest BCUT2D eigenvalue weighted by molar-refractivity contribution is -0.122. The Morgan fingerprint density at radius 3 is 2.65 bits per heavy atom. The summed E-state index contributed by atoms with van der Waals surface area (Å²) >= 11 is 0. The molecule has 2 rings (SSSR count). The number of imidazole rings is 1. The van der Waals surface area contributed by atoms with Gasteiger partial charge in [0.05, 0.1) is 5.69 Å². The summed E-state index contributed by atoms with van der Waals surface area (Å²) in [6.07, 6.45) is 0.358. The third kappa shape index (κ3) is 2.76. The molecule has 3 N–H and O–H groups in total. The average molecular weight is 278 g/mol. The van der Waals surface area contributed by atoms with Crippen molar-refractivity contribution in [3.63, 3.8) is 0 Å². The average Bonchev–Trinajstić information content (AvgIpc) is 2.73. The van der Waals surface area contributed by atoms with Crippen LogP contribution in [0.25, 0.3) is 11.2 Å². The Labute approximate surface area is 118 Å². The summed E-state index contributed by atoms with van der Waals surface area (Å²) in [5, 5.41) is 7.25.